The van der Waals surface area contributed by atoms with Gasteiger partial charge in [-0.15, -0.1) is 0 Å². The predicted molar refractivity (Wildman–Crippen MR) is 78.1 cm³/mol. The molecule has 0 saturated heterocycles. The molecule has 2 fully saturated rings. The van der Waals surface area contributed by atoms with Crippen LogP contribution < -0.4 is 0 Å². The van der Waals surface area contributed by atoms with E-state index >= 15 is 0 Å². The van der Waals surface area contributed by atoms with Crippen LogP contribution in [0.4, 0.5) is 0 Å². The second kappa shape index (κ2) is 6.90. The fourth-order valence-electron chi connectivity index (χ4n) is 3.64. The summed E-state index contributed by atoms with van der Waals surface area (Å²) < 4.78 is 0. The van der Waals surface area contributed by atoms with E-state index in [2.05, 4.69) is 14.2 Å². The second-order valence-corrected chi connectivity index (χ2v) is 6.59. The van der Waals surface area contributed by atoms with Crippen molar-refractivity contribution in [2.75, 3.05) is 0 Å². The molecule has 2 rings (SSSR count). The molecule has 2 heteroatoms. The Morgan fingerprint density at radius 3 is 2.18 bits per heavy atom. The lowest BCUT2D eigenvalue weighted by Gasteiger charge is -2.20. The van der Waals surface area contributed by atoms with E-state index in [0.29, 0.717) is 5.82 Å². The summed E-state index contributed by atoms with van der Waals surface area (Å²) in [7, 11) is 8.78. The Labute approximate surface area is 110 Å². The van der Waals surface area contributed by atoms with Crippen LogP contribution in [0.2, 0.25) is 17.5 Å². The van der Waals surface area contributed by atoms with Gasteiger partial charge in [-0.25, -0.2) is 0 Å². The summed E-state index contributed by atoms with van der Waals surface area (Å²) in [6, 6.07) is 0. The van der Waals surface area contributed by atoms with Crippen molar-refractivity contribution in [1.82, 2.24) is 0 Å². The van der Waals surface area contributed by atoms with Gasteiger partial charge in [0.15, 0.2) is 0 Å². The zero-order chi connectivity index (χ0) is 12.1. The van der Waals surface area contributed by atoms with Gasteiger partial charge >= 0.3 is 0 Å². The first-order chi connectivity index (χ1) is 8.24. The van der Waals surface area contributed by atoms with Crippen molar-refractivity contribution in [2.24, 2.45) is 5.92 Å². The molecule has 0 N–H and O–H groups in total. The highest BCUT2D eigenvalue weighted by Gasteiger charge is 2.23. The smallest absolute Gasteiger partial charge is 0.0774 e. The van der Waals surface area contributed by atoms with Crippen LogP contribution in [0, 0.1) is 5.92 Å². The highest BCUT2D eigenvalue weighted by atomic mass is 14.2. The lowest BCUT2D eigenvalue weighted by atomic mass is 9.51. The summed E-state index contributed by atoms with van der Waals surface area (Å²) in [5.74, 6) is 3.25. The molecular formula is C15H27B2. The number of rotatable bonds is 2. The van der Waals surface area contributed by atoms with Crippen LogP contribution in [0.5, 0.6) is 0 Å². The third kappa shape index (κ3) is 4.72. The molecule has 0 aromatic rings. The predicted octanol–water partition coefficient (Wildman–Crippen LogP) is 4.79. The summed E-state index contributed by atoms with van der Waals surface area (Å²) >= 11 is 0. The maximum atomic E-state index is 6.06. The Hall–Kier alpha value is 0.130. The van der Waals surface area contributed by atoms with E-state index in [1.54, 1.807) is 0 Å². The third-order valence-corrected chi connectivity index (χ3v) is 4.90. The van der Waals surface area contributed by atoms with Crippen molar-refractivity contribution < 1.29 is 0 Å². The van der Waals surface area contributed by atoms with E-state index in [-0.39, 0.29) is 0 Å². The van der Waals surface area contributed by atoms with Crippen molar-refractivity contribution in [3.05, 3.63) is 0 Å². The quantitative estimate of drug-likeness (QED) is 0.471. The summed E-state index contributed by atoms with van der Waals surface area (Å²) in [5.41, 5.74) is 0. The van der Waals surface area contributed by atoms with Crippen molar-refractivity contribution in [3.8, 4) is 0 Å². The van der Waals surface area contributed by atoms with Crippen LogP contribution in [-0.4, -0.2) is 15.1 Å². The summed E-state index contributed by atoms with van der Waals surface area (Å²) in [4.78, 5) is 0. The molecule has 0 bridgehead atoms. The van der Waals surface area contributed by atoms with Gasteiger partial charge in [-0.3, -0.25) is 0 Å². The Bertz CT molecular complexity index is 195. The van der Waals surface area contributed by atoms with Crippen molar-refractivity contribution in [2.45, 2.75) is 88.6 Å². The van der Waals surface area contributed by atoms with Gasteiger partial charge in [0.05, 0.1) is 7.85 Å². The maximum Gasteiger partial charge on any atom is 0.117 e. The van der Waals surface area contributed by atoms with Crippen LogP contribution in [-0.2, 0) is 0 Å². The SMILES string of the molecule is [B]C1CCCC([B]C2CCCC(C)CC2)CC1. The molecule has 0 spiro atoms. The lowest BCUT2D eigenvalue weighted by molar-refractivity contribution is 0.504. The maximum absolute atomic E-state index is 6.06. The minimum absolute atomic E-state index is 0.488. The van der Waals surface area contributed by atoms with E-state index in [4.69, 9.17) is 7.85 Å². The molecule has 2 aliphatic rings. The molecule has 0 heterocycles. The van der Waals surface area contributed by atoms with Gasteiger partial charge in [0.2, 0.25) is 0 Å². The molecule has 0 aliphatic heterocycles. The average Bonchev–Trinajstić information content (AvgIpc) is 2.62. The Morgan fingerprint density at radius 2 is 1.41 bits per heavy atom. The van der Waals surface area contributed by atoms with Gasteiger partial charge in [0, 0.05) is 0 Å². The minimum atomic E-state index is 0.488. The van der Waals surface area contributed by atoms with Crippen LogP contribution >= 0.6 is 0 Å². The second-order valence-electron chi connectivity index (χ2n) is 6.59. The molecule has 0 nitrogen and oxygen atoms in total. The van der Waals surface area contributed by atoms with Crippen LogP contribution in [0.1, 0.15) is 71.1 Å². The van der Waals surface area contributed by atoms with Gasteiger partial charge in [-0.2, -0.15) is 0 Å². The molecule has 4 atom stereocenters. The van der Waals surface area contributed by atoms with Crippen molar-refractivity contribution in [1.29, 1.82) is 0 Å². The number of hydrogen-bond donors (Lipinski definition) is 0. The molecule has 93 valence electrons. The molecule has 2 saturated carbocycles. The molecule has 0 aromatic heterocycles. The normalized spacial score (nSPS) is 40.3. The highest BCUT2D eigenvalue weighted by molar-refractivity contribution is 6.39. The molecule has 4 unspecified atom stereocenters. The third-order valence-electron chi connectivity index (χ3n) is 4.90. The van der Waals surface area contributed by atoms with Gasteiger partial charge in [0.1, 0.15) is 7.28 Å². The monoisotopic (exact) mass is 229 g/mol. The summed E-state index contributed by atoms with van der Waals surface area (Å²) in [6.07, 6.45) is 13.9. The van der Waals surface area contributed by atoms with Crippen LogP contribution in [0.15, 0.2) is 0 Å². The molecule has 3 radical (unpaired) electrons. The fourth-order valence-corrected chi connectivity index (χ4v) is 3.64. The van der Waals surface area contributed by atoms with E-state index in [1.807, 2.05) is 0 Å². The highest BCUT2D eigenvalue weighted by Crippen LogP contribution is 2.38. The molecule has 2 aliphatic carbocycles. The van der Waals surface area contributed by atoms with Crippen molar-refractivity contribution in [3.63, 3.8) is 0 Å². The zero-order valence-electron chi connectivity index (χ0n) is 11.5. The van der Waals surface area contributed by atoms with E-state index in [0.717, 1.165) is 17.6 Å². The van der Waals surface area contributed by atoms with Crippen molar-refractivity contribution >= 4 is 15.1 Å². The Kier molecular flexibility index (Phi) is 5.50. The number of hydrogen-bond acceptors (Lipinski definition) is 0. The largest absolute Gasteiger partial charge is 0.117 e. The van der Waals surface area contributed by atoms with Crippen LogP contribution in [0.3, 0.4) is 0 Å². The van der Waals surface area contributed by atoms with E-state index in [9.17, 15) is 0 Å². The van der Waals surface area contributed by atoms with Crippen LogP contribution in [0.25, 0.3) is 0 Å². The van der Waals surface area contributed by atoms with E-state index < -0.39 is 0 Å². The summed E-state index contributed by atoms with van der Waals surface area (Å²) in [5, 5.41) is 0. The first-order valence-corrected chi connectivity index (χ1v) is 7.84. The molecule has 0 amide bonds. The Balaban J connectivity index is 1.75. The average molecular weight is 229 g/mol. The van der Waals surface area contributed by atoms with Gasteiger partial charge in [-0.05, 0) is 5.92 Å². The van der Waals surface area contributed by atoms with Gasteiger partial charge in [0.25, 0.3) is 0 Å². The fraction of sp³-hybridized carbons (Fsp3) is 1.00. The van der Waals surface area contributed by atoms with E-state index in [1.165, 1.54) is 64.2 Å². The Morgan fingerprint density at radius 1 is 0.765 bits per heavy atom. The standard InChI is InChI=1S/C15H27B2/c1-12-4-2-6-14(10-8-12)17-15-7-3-5-13(16)9-11-15/h12-15H,2-11H2,1H3. The van der Waals surface area contributed by atoms with Gasteiger partial charge in [-0.1, -0.05) is 88.6 Å². The first-order valence-electron chi connectivity index (χ1n) is 7.84. The summed E-state index contributed by atoms with van der Waals surface area (Å²) in [6.45, 7) is 2.42. The molecule has 17 heavy (non-hydrogen) atoms. The zero-order valence-corrected chi connectivity index (χ0v) is 11.5. The topological polar surface area (TPSA) is 0 Å². The first kappa shape index (κ1) is 13.6. The molecule has 0 aromatic carbocycles. The molecular weight excluding hydrogens is 202 g/mol. The minimum Gasteiger partial charge on any atom is -0.0774 e. The van der Waals surface area contributed by atoms with Gasteiger partial charge < -0.3 is 0 Å². The lowest BCUT2D eigenvalue weighted by Crippen LogP contribution is -2.10.